The van der Waals surface area contributed by atoms with Crippen molar-refractivity contribution in [2.75, 3.05) is 6.61 Å². The summed E-state index contributed by atoms with van der Waals surface area (Å²) in [7, 11) is 0. The van der Waals surface area contributed by atoms with Crippen molar-refractivity contribution >= 4 is 17.6 Å². The second kappa shape index (κ2) is 8.60. The van der Waals surface area contributed by atoms with Crippen LogP contribution in [0.15, 0.2) is 35.5 Å². The van der Waals surface area contributed by atoms with Crippen LogP contribution in [-0.4, -0.2) is 23.4 Å². The molecule has 0 saturated heterocycles. The van der Waals surface area contributed by atoms with Gasteiger partial charge in [-0.3, -0.25) is 14.9 Å². The summed E-state index contributed by atoms with van der Waals surface area (Å²) in [5.74, 6) is -0.978. The first-order valence-corrected chi connectivity index (χ1v) is 8.79. The zero-order chi connectivity index (χ0) is 19.3. The number of esters is 1. The lowest BCUT2D eigenvalue weighted by Crippen LogP contribution is -2.34. The SMILES string of the molecule is CCC(CC)COC(=O)C1=C(C)NC(=O)CC1c1cccc([N+](=O)[O-])c1. The maximum absolute atomic E-state index is 12.7. The second-order valence-corrected chi connectivity index (χ2v) is 6.48. The quantitative estimate of drug-likeness (QED) is 0.456. The number of nitrogens with zero attached hydrogens (tertiary/aromatic N) is 1. The molecule has 1 unspecified atom stereocenters. The van der Waals surface area contributed by atoms with E-state index in [0.717, 1.165) is 12.8 Å². The number of amides is 1. The first-order chi connectivity index (χ1) is 12.4. The molecule has 1 aromatic carbocycles. The maximum Gasteiger partial charge on any atom is 0.336 e. The van der Waals surface area contributed by atoms with Crippen LogP contribution in [0.5, 0.6) is 0 Å². The molecule has 1 aliphatic heterocycles. The summed E-state index contributed by atoms with van der Waals surface area (Å²) < 4.78 is 5.48. The van der Waals surface area contributed by atoms with E-state index in [2.05, 4.69) is 5.32 Å². The van der Waals surface area contributed by atoms with Gasteiger partial charge in [-0.15, -0.1) is 0 Å². The Balaban J connectivity index is 2.32. The Morgan fingerprint density at radius 2 is 2.08 bits per heavy atom. The number of allylic oxidation sites excluding steroid dienone is 1. The summed E-state index contributed by atoms with van der Waals surface area (Å²) >= 11 is 0. The molecule has 0 saturated carbocycles. The lowest BCUT2D eigenvalue weighted by atomic mass is 9.84. The predicted octanol–water partition coefficient (Wildman–Crippen LogP) is 3.45. The van der Waals surface area contributed by atoms with Gasteiger partial charge in [-0.25, -0.2) is 4.79 Å². The van der Waals surface area contributed by atoms with E-state index in [1.807, 2.05) is 13.8 Å². The summed E-state index contributed by atoms with van der Waals surface area (Å²) in [6, 6.07) is 6.04. The van der Waals surface area contributed by atoms with Crippen molar-refractivity contribution < 1.29 is 19.2 Å². The monoisotopic (exact) mass is 360 g/mol. The van der Waals surface area contributed by atoms with Crippen LogP contribution in [-0.2, 0) is 14.3 Å². The second-order valence-electron chi connectivity index (χ2n) is 6.48. The van der Waals surface area contributed by atoms with Gasteiger partial charge < -0.3 is 10.1 Å². The third-order valence-electron chi connectivity index (χ3n) is 4.78. The molecule has 1 aliphatic rings. The van der Waals surface area contributed by atoms with E-state index in [1.54, 1.807) is 19.1 Å². The molecule has 1 heterocycles. The summed E-state index contributed by atoms with van der Waals surface area (Å²) in [4.78, 5) is 35.2. The van der Waals surface area contributed by atoms with Gasteiger partial charge in [0.15, 0.2) is 0 Å². The number of ether oxygens (including phenoxy) is 1. The molecule has 0 radical (unpaired) electrons. The summed E-state index contributed by atoms with van der Waals surface area (Å²) in [5.41, 5.74) is 1.28. The summed E-state index contributed by atoms with van der Waals surface area (Å²) in [6.45, 7) is 6.05. The van der Waals surface area contributed by atoms with Crippen LogP contribution in [0.1, 0.15) is 51.5 Å². The highest BCUT2D eigenvalue weighted by molar-refractivity contribution is 5.95. The van der Waals surface area contributed by atoms with Crippen molar-refractivity contribution in [1.29, 1.82) is 0 Å². The fourth-order valence-corrected chi connectivity index (χ4v) is 3.11. The fraction of sp³-hybridized carbons (Fsp3) is 0.474. The molecular formula is C19H24N2O5. The highest BCUT2D eigenvalue weighted by Gasteiger charge is 2.33. The number of carbonyl (C=O) groups is 2. The van der Waals surface area contributed by atoms with Gasteiger partial charge in [0.25, 0.3) is 5.69 Å². The molecule has 2 rings (SSSR count). The average Bonchev–Trinajstić information content (AvgIpc) is 2.61. The number of hydrogen-bond acceptors (Lipinski definition) is 5. The number of nitrogens with one attached hydrogen (secondary N) is 1. The Labute approximate surface area is 152 Å². The fourth-order valence-electron chi connectivity index (χ4n) is 3.11. The van der Waals surface area contributed by atoms with Gasteiger partial charge in [-0.05, 0) is 18.4 Å². The third kappa shape index (κ3) is 4.47. The zero-order valence-electron chi connectivity index (χ0n) is 15.3. The normalized spacial score (nSPS) is 17.2. The molecule has 140 valence electrons. The number of rotatable bonds is 7. The molecule has 0 bridgehead atoms. The number of hydrogen-bond donors (Lipinski definition) is 1. The smallest absolute Gasteiger partial charge is 0.336 e. The standard InChI is InChI=1S/C19H24N2O5/c1-4-13(5-2)11-26-19(23)18-12(3)20-17(22)10-16(18)14-7-6-8-15(9-14)21(24)25/h6-9,13,16H,4-5,10-11H2,1-3H3,(H,20,22). The lowest BCUT2D eigenvalue weighted by Gasteiger charge is -2.27. The van der Waals surface area contributed by atoms with Crippen LogP contribution < -0.4 is 5.32 Å². The molecule has 0 aliphatic carbocycles. The van der Waals surface area contributed by atoms with Crippen LogP contribution >= 0.6 is 0 Å². The average molecular weight is 360 g/mol. The maximum atomic E-state index is 12.7. The molecule has 7 heteroatoms. The van der Waals surface area contributed by atoms with E-state index in [-0.39, 0.29) is 23.9 Å². The van der Waals surface area contributed by atoms with Crippen molar-refractivity contribution in [3.8, 4) is 0 Å². The number of nitro groups is 1. The third-order valence-corrected chi connectivity index (χ3v) is 4.78. The van der Waals surface area contributed by atoms with E-state index in [4.69, 9.17) is 4.74 Å². The Hall–Kier alpha value is -2.70. The van der Waals surface area contributed by atoms with Gasteiger partial charge in [-0.1, -0.05) is 38.8 Å². The Kier molecular flexibility index (Phi) is 6.49. The van der Waals surface area contributed by atoms with E-state index in [0.29, 0.717) is 23.4 Å². The minimum Gasteiger partial charge on any atom is -0.462 e. The van der Waals surface area contributed by atoms with E-state index < -0.39 is 16.8 Å². The molecule has 7 nitrogen and oxygen atoms in total. The Bertz CT molecular complexity index is 737. The first-order valence-electron chi connectivity index (χ1n) is 8.79. The van der Waals surface area contributed by atoms with Crippen LogP contribution in [0.25, 0.3) is 0 Å². The van der Waals surface area contributed by atoms with Gasteiger partial charge >= 0.3 is 5.97 Å². The van der Waals surface area contributed by atoms with Crippen molar-refractivity contribution in [1.82, 2.24) is 5.32 Å². The minimum atomic E-state index is -0.558. The van der Waals surface area contributed by atoms with E-state index >= 15 is 0 Å². The van der Waals surface area contributed by atoms with Gasteiger partial charge in [0.05, 0.1) is 17.1 Å². The summed E-state index contributed by atoms with van der Waals surface area (Å²) in [6.07, 6.45) is 1.87. The van der Waals surface area contributed by atoms with Crippen molar-refractivity contribution in [3.63, 3.8) is 0 Å². The minimum absolute atomic E-state index is 0.0495. The molecule has 0 fully saturated rings. The van der Waals surface area contributed by atoms with Gasteiger partial charge in [0.1, 0.15) is 0 Å². The topological polar surface area (TPSA) is 98.5 Å². The van der Waals surface area contributed by atoms with Gasteiger partial charge in [0, 0.05) is 30.2 Å². The molecule has 1 aromatic rings. The molecule has 1 amide bonds. The van der Waals surface area contributed by atoms with Crippen molar-refractivity contribution in [3.05, 3.63) is 51.2 Å². The van der Waals surface area contributed by atoms with E-state index in [9.17, 15) is 19.7 Å². The predicted molar refractivity (Wildman–Crippen MR) is 96.3 cm³/mol. The van der Waals surface area contributed by atoms with Gasteiger partial charge in [-0.2, -0.15) is 0 Å². The van der Waals surface area contributed by atoms with Crippen LogP contribution in [0, 0.1) is 16.0 Å². The number of nitro benzene ring substituents is 1. The lowest BCUT2D eigenvalue weighted by molar-refractivity contribution is -0.384. The number of non-ortho nitro benzene ring substituents is 1. The summed E-state index contributed by atoms with van der Waals surface area (Å²) in [5, 5.41) is 13.7. The molecule has 0 aromatic heterocycles. The molecule has 1 N–H and O–H groups in total. The van der Waals surface area contributed by atoms with Gasteiger partial charge in [0.2, 0.25) is 5.91 Å². The van der Waals surface area contributed by atoms with E-state index in [1.165, 1.54) is 12.1 Å². The van der Waals surface area contributed by atoms with Crippen LogP contribution in [0.3, 0.4) is 0 Å². The molecular weight excluding hydrogens is 336 g/mol. The first kappa shape index (κ1) is 19.6. The van der Waals surface area contributed by atoms with Crippen LogP contribution in [0.4, 0.5) is 5.69 Å². The zero-order valence-corrected chi connectivity index (χ0v) is 15.3. The number of benzene rings is 1. The molecule has 1 atom stereocenters. The molecule has 0 spiro atoms. The van der Waals surface area contributed by atoms with Crippen molar-refractivity contribution in [2.24, 2.45) is 5.92 Å². The Morgan fingerprint density at radius 3 is 2.69 bits per heavy atom. The van der Waals surface area contributed by atoms with Crippen LogP contribution in [0.2, 0.25) is 0 Å². The van der Waals surface area contributed by atoms with Crippen molar-refractivity contribution in [2.45, 2.75) is 46.0 Å². The largest absolute Gasteiger partial charge is 0.462 e. The highest BCUT2D eigenvalue weighted by Crippen LogP contribution is 2.35. The number of carbonyl (C=O) groups excluding carboxylic acids is 2. The Morgan fingerprint density at radius 1 is 1.38 bits per heavy atom. The molecule has 26 heavy (non-hydrogen) atoms. The highest BCUT2D eigenvalue weighted by atomic mass is 16.6.